The van der Waals surface area contributed by atoms with Crippen LogP contribution in [0.5, 0.6) is 0 Å². The Balaban J connectivity index is 1.48. The van der Waals surface area contributed by atoms with Crippen LogP contribution < -0.4 is 19.8 Å². The first-order valence-corrected chi connectivity index (χ1v) is 22.0. The number of aliphatic imine (C=N–C) groups is 2. The number of thiophene rings is 2. The molecule has 56 heavy (non-hydrogen) atoms. The van der Waals surface area contributed by atoms with E-state index in [0.717, 1.165) is 84.9 Å². The van der Waals surface area contributed by atoms with Gasteiger partial charge in [0.25, 0.3) is 0 Å². The Morgan fingerprint density at radius 3 is 1.25 bits per heavy atom. The Labute approximate surface area is 336 Å². The molecule has 6 aromatic rings. The molecule has 4 nitrogen and oxygen atoms in total. The highest BCUT2D eigenvalue weighted by Crippen LogP contribution is 2.31. The molecule has 0 unspecified atom stereocenters. The molecule has 0 fully saturated rings. The summed E-state index contributed by atoms with van der Waals surface area (Å²) in [5.74, 6) is 0. The molecule has 280 valence electrons. The molecular formula is C50H48N4S2. The van der Waals surface area contributed by atoms with Gasteiger partial charge in [-0.15, -0.1) is 22.7 Å². The second-order valence-electron chi connectivity index (χ2n) is 15.0. The SMILES string of the molecule is CCCC1=CC2=c3ccc(s3)=c3cc(CCC)c([nH]3)=C(c3ccccc3)C3=NC(=c4ccc(s4)=c4cc(CCC)c([nH]4)=C(c4ccccc4)C1=N2)C=C3CCC. The molecule has 0 saturated carbocycles. The minimum absolute atomic E-state index is 0.967. The number of allylic oxidation sites excluding steroid dienone is 2. The maximum atomic E-state index is 5.56. The third kappa shape index (κ3) is 6.69. The minimum atomic E-state index is 0.967. The van der Waals surface area contributed by atoms with Crippen LogP contribution >= 0.6 is 22.7 Å². The molecule has 7 heterocycles. The van der Waals surface area contributed by atoms with E-state index in [0.29, 0.717) is 0 Å². The van der Waals surface area contributed by atoms with E-state index in [1.807, 2.05) is 22.7 Å². The van der Waals surface area contributed by atoms with E-state index in [4.69, 9.17) is 9.98 Å². The lowest BCUT2D eigenvalue weighted by Crippen LogP contribution is -2.20. The van der Waals surface area contributed by atoms with Gasteiger partial charge < -0.3 is 9.97 Å². The molecule has 9 rings (SSSR count). The Hall–Kier alpha value is -5.30. The van der Waals surface area contributed by atoms with Crippen molar-refractivity contribution in [3.05, 3.63) is 182 Å². The van der Waals surface area contributed by atoms with Gasteiger partial charge in [-0.2, -0.15) is 0 Å². The van der Waals surface area contributed by atoms with Crippen molar-refractivity contribution in [1.29, 1.82) is 0 Å². The smallest absolute Gasteiger partial charge is 0.0813 e. The van der Waals surface area contributed by atoms with Crippen LogP contribution in [0.25, 0.3) is 22.5 Å². The van der Waals surface area contributed by atoms with Gasteiger partial charge in [-0.3, -0.25) is 0 Å². The van der Waals surface area contributed by atoms with E-state index in [1.165, 1.54) is 73.4 Å². The van der Waals surface area contributed by atoms with Gasteiger partial charge in [0.1, 0.15) is 0 Å². The van der Waals surface area contributed by atoms with Crippen molar-refractivity contribution in [2.45, 2.75) is 79.1 Å². The summed E-state index contributed by atoms with van der Waals surface area (Å²) in [5.41, 5.74) is 14.3. The molecule has 12 bridgehead atoms. The third-order valence-electron chi connectivity index (χ3n) is 10.9. The number of nitrogens with one attached hydrogen (secondary N) is 2. The Morgan fingerprint density at radius 2 is 0.857 bits per heavy atom. The normalized spacial score (nSPS) is 14.9. The summed E-state index contributed by atoms with van der Waals surface area (Å²) >= 11 is 3.65. The van der Waals surface area contributed by atoms with E-state index in [-0.39, 0.29) is 0 Å². The van der Waals surface area contributed by atoms with Crippen molar-refractivity contribution in [2.24, 2.45) is 9.98 Å². The number of fused-ring (bicyclic) bond motifs is 10. The van der Waals surface area contributed by atoms with Gasteiger partial charge in [0.05, 0.1) is 62.3 Å². The number of rotatable bonds is 10. The zero-order valence-corrected chi connectivity index (χ0v) is 34.4. The highest BCUT2D eigenvalue weighted by molar-refractivity contribution is 7.08. The third-order valence-corrected chi connectivity index (χ3v) is 13.2. The maximum Gasteiger partial charge on any atom is 0.0813 e. The monoisotopic (exact) mass is 768 g/mol. The largest absolute Gasteiger partial charge is 0.354 e. The topological polar surface area (TPSA) is 56.3 Å². The highest BCUT2D eigenvalue weighted by atomic mass is 32.1. The minimum Gasteiger partial charge on any atom is -0.354 e. The van der Waals surface area contributed by atoms with Gasteiger partial charge >= 0.3 is 0 Å². The molecule has 2 N–H and O–H groups in total. The fourth-order valence-corrected chi connectivity index (χ4v) is 10.3. The first-order chi connectivity index (χ1) is 27.6. The predicted octanol–water partition coefficient (Wildman–Crippen LogP) is 9.64. The van der Waals surface area contributed by atoms with Crippen molar-refractivity contribution in [3.8, 4) is 0 Å². The van der Waals surface area contributed by atoms with E-state index in [9.17, 15) is 0 Å². The summed E-state index contributed by atoms with van der Waals surface area (Å²) in [6, 6.07) is 35.6. The Kier molecular flexibility index (Phi) is 10.2. The van der Waals surface area contributed by atoms with E-state index in [1.54, 1.807) is 0 Å². The number of hydrogen-bond acceptors (Lipinski definition) is 4. The molecule has 4 aromatic heterocycles. The van der Waals surface area contributed by atoms with Crippen LogP contribution in [0.3, 0.4) is 0 Å². The van der Waals surface area contributed by atoms with Crippen molar-refractivity contribution >= 4 is 56.6 Å². The molecule has 6 heteroatoms. The van der Waals surface area contributed by atoms with Crippen LogP contribution in [0.4, 0.5) is 0 Å². The van der Waals surface area contributed by atoms with Crippen LogP contribution in [-0.2, 0) is 12.8 Å². The van der Waals surface area contributed by atoms with Crippen molar-refractivity contribution < 1.29 is 0 Å². The van der Waals surface area contributed by atoms with Gasteiger partial charge in [0.15, 0.2) is 0 Å². The predicted molar refractivity (Wildman–Crippen MR) is 238 cm³/mol. The summed E-state index contributed by atoms with van der Waals surface area (Å²) in [6.45, 7) is 9.09. The molecule has 0 aliphatic carbocycles. The van der Waals surface area contributed by atoms with Gasteiger partial charge in [-0.1, -0.05) is 114 Å². The lowest BCUT2D eigenvalue weighted by molar-refractivity contribution is 0.914. The number of hydrogen-bond donors (Lipinski definition) is 2. The molecule has 0 saturated heterocycles. The average molecular weight is 769 g/mol. The second kappa shape index (κ2) is 15.7. The number of benzene rings is 2. The second-order valence-corrected chi connectivity index (χ2v) is 17.2. The van der Waals surface area contributed by atoms with Crippen molar-refractivity contribution in [1.82, 2.24) is 9.97 Å². The number of aromatic amines is 2. The lowest BCUT2D eigenvalue weighted by atomic mass is 9.92. The van der Waals surface area contributed by atoms with Gasteiger partial charge in [-0.05, 0) is 108 Å². The summed E-state index contributed by atoms with van der Waals surface area (Å²) in [6.07, 6.45) is 12.8. The molecule has 3 aliphatic rings. The zero-order chi connectivity index (χ0) is 38.2. The number of H-pyrrole nitrogens is 2. The highest BCUT2D eigenvalue weighted by Gasteiger charge is 2.25. The standard InChI is InChI=1S/C50H48N4S2/c1-5-15-33-27-37-41-23-24-42(55-41)39-29-35(17-7-3)49(53-39)46(32-21-13-10-14-22-32)50-36(18-8-4)30-40(54-50)44-26-25-43(56-44)38-28-34(16-6-2)48(52-38)45(47(33)51-37)31-19-11-9-12-20-31/h9-14,19-30,51,54H,5-8,15-18H2,1-4H3. The van der Waals surface area contributed by atoms with E-state index in [2.05, 4.69) is 147 Å². The molecule has 0 atom stereocenters. The van der Waals surface area contributed by atoms with Crippen LogP contribution in [0.15, 0.2) is 130 Å². The number of nitrogens with zero attached hydrogens (tertiary/aromatic N) is 2. The number of aromatic nitrogens is 2. The van der Waals surface area contributed by atoms with Gasteiger partial charge in [0.2, 0.25) is 0 Å². The van der Waals surface area contributed by atoms with Crippen LogP contribution in [0.2, 0.25) is 0 Å². The van der Waals surface area contributed by atoms with Crippen molar-refractivity contribution in [3.63, 3.8) is 0 Å². The quantitative estimate of drug-likeness (QED) is 0.140. The molecular weight excluding hydrogens is 721 g/mol. The Morgan fingerprint density at radius 1 is 0.464 bits per heavy atom. The van der Waals surface area contributed by atoms with Crippen LogP contribution in [0.1, 0.15) is 88.5 Å². The average Bonchev–Trinajstić information content (AvgIpc) is 4.07. The summed E-state index contributed by atoms with van der Waals surface area (Å²) in [4.78, 5) is 19.1. The van der Waals surface area contributed by atoms with E-state index < -0.39 is 0 Å². The van der Waals surface area contributed by atoms with Crippen LogP contribution in [-0.4, -0.2) is 21.4 Å². The zero-order valence-electron chi connectivity index (χ0n) is 32.8. The van der Waals surface area contributed by atoms with Gasteiger partial charge in [-0.25, -0.2) is 9.98 Å². The molecule has 2 aromatic carbocycles. The summed E-state index contributed by atoms with van der Waals surface area (Å²) in [5, 5.41) is 4.65. The summed E-state index contributed by atoms with van der Waals surface area (Å²) in [7, 11) is 0. The molecule has 0 radical (unpaired) electrons. The fourth-order valence-electron chi connectivity index (χ4n) is 8.41. The van der Waals surface area contributed by atoms with Crippen LogP contribution in [0, 0.1) is 19.8 Å². The van der Waals surface area contributed by atoms with Gasteiger partial charge in [0, 0.05) is 11.1 Å². The lowest BCUT2D eigenvalue weighted by Gasteiger charge is -2.12. The Bertz CT molecular complexity index is 2840. The fraction of sp³-hybridized carbons (Fsp3) is 0.240. The van der Waals surface area contributed by atoms with Crippen molar-refractivity contribution in [2.75, 3.05) is 0 Å². The molecule has 0 amide bonds. The maximum absolute atomic E-state index is 5.56. The first-order valence-electron chi connectivity index (χ1n) is 20.4. The molecule has 3 aliphatic heterocycles. The van der Waals surface area contributed by atoms with E-state index >= 15 is 0 Å². The first kappa shape index (κ1) is 36.3. The molecule has 0 spiro atoms. The summed E-state index contributed by atoms with van der Waals surface area (Å²) < 4.78 is 4.81. The number of aryl methyl sites for hydroxylation is 2.